The molecule has 178 valence electrons. The van der Waals surface area contributed by atoms with Gasteiger partial charge in [0.2, 0.25) is 5.91 Å². The van der Waals surface area contributed by atoms with Crippen LogP contribution in [0.5, 0.6) is 11.5 Å². The molecule has 1 aliphatic heterocycles. The predicted octanol–water partition coefficient (Wildman–Crippen LogP) is 1.56. The van der Waals surface area contributed by atoms with Crippen molar-refractivity contribution in [1.82, 2.24) is 26.1 Å². The first-order valence-corrected chi connectivity index (χ1v) is 10.4. The van der Waals surface area contributed by atoms with Gasteiger partial charge in [0.25, 0.3) is 18.2 Å². The lowest BCUT2D eigenvalue weighted by molar-refractivity contribution is -0.123. The molecular weight excluding hydrogens is 440 g/mol. The van der Waals surface area contributed by atoms with Crippen molar-refractivity contribution in [3.63, 3.8) is 0 Å². The summed E-state index contributed by atoms with van der Waals surface area (Å²) in [5, 5.41) is 13.7. The van der Waals surface area contributed by atoms with Crippen molar-refractivity contribution in [2.75, 3.05) is 26.8 Å². The van der Waals surface area contributed by atoms with Crippen LogP contribution >= 0.6 is 0 Å². The number of alkyl halides is 2. The number of fused-ring (bicyclic) bond motifs is 1. The Balaban J connectivity index is 1.67. The number of ether oxygens (including phenoxy) is 2. The standard InChI is InChI=1S/C21H25F2N5O5/c1-32-12-5-6-13-17(10-12)33-9-8-25-20(30)14(4-2-3-7-24-19(13)29)26-21(31)16-11-15(18(22)23)27-28-16/h5-6,10-11,14,18H,2-4,7-9H2,1H3,(H,24,29)(H,25,30)(H,26,31)(H,27,28)/t14-/m0/s1. The lowest BCUT2D eigenvalue weighted by atomic mass is 10.1. The lowest BCUT2D eigenvalue weighted by Gasteiger charge is -2.19. The first kappa shape index (κ1) is 24.0. The maximum atomic E-state index is 12.7. The quantitative estimate of drug-likeness (QED) is 0.542. The first-order valence-electron chi connectivity index (χ1n) is 10.4. The Morgan fingerprint density at radius 1 is 1.21 bits per heavy atom. The monoisotopic (exact) mass is 465 g/mol. The Kier molecular flexibility index (Phi) is 8.17. The predicted molar refractivity (Wildman–Crippen MR) is 112 cm³/mol. The lowest BCUT2D eigenvalue weighted by Crippen LogP contribution is -2.47. The van der Waals surface area contributed by atoms with Gasteiger partial charge >= 0.3 is 0 Å². The minimum Gasteiger partial charge on any atom is -0.497 e. The largest absolute Gasteiger partial charge is 0.497 e. The molecule has 0 saturated carbocycles. The molecule has 3 rings (SSSR count). The summed E-state index contributed by atoms with van der Waals surface area (Å²) in [6.45, 7) is 0.530. The van der Waals surface area contributed by atoms with Crippen LogP contribution in [0.3, 0.4) is 0 Å². The number of aromatic amines is 1. The van der Waals surface area contributed by atoms with Gasteiger partial charge in [0, 0.05) is 12.6 Å². The fourth-order valence-electron chi connectivity index (χ4n) is 3.23. The molecule has 0 saturated heterocycles. The van der Waals surface area contributed by atoms with Gasteiger partial charge in [0.05, 0.1) is 19.2 Å². The molecule has 1 aliphatic rings. The van der Waals surface area contributed by atoms with Gasteiger partial charge in [-0.15, -0.1) is 0 Å². The van der Waals surface area contributed by atoms with Crippen molar-refractivity contribution in [3.8, 4) is 11.5 Å². The molecule has 1 aromatic heterocycles. The van der Waals surface area contributed by atoms with Crippen LogP contribution in [0.4, 0.5) is 8.78 Å². The molecular formula is C21H25F2N5O5. The molecule has 1 atom stereocenters. The highest BCUT2D eigenvalue weighted by Crippen LogP contribution is 2.25. The minimum absolute atomic E-state index is 0.0664. The molecule has 1 aromatic carbocycles. The maximum absolute atomic E-state index is 12.7. The molecule has 12 heteroatoms. The normalized spacial score (nSPS) is 17.8. The fourth-order valence-corrected chi connectivity index (χ4v) is 3.23. The number of methoxy groups -OCH3 is 1. The summed E-state index contributed by atoms with van der Waals surface area (Å²) in [6, 6.07) is 4.88. The molecule has 0 spiro atoms. The smallest absolute Gasteiger partial charge is 0.279 e. The van der Waals surface area contributed by atoms with Crippen LogP contribution in [-0.2, 0) is 4.79 Å². The van der Waals surface area contributed by atoms with Gasteiger partial charge in [-0.2, -0.15) is 5.10 Å². The van der Waals surface area contributed by atoms with E-state index in [0.717, 1.165) is 6.07 Å². The Labute approximate surface area is 188 Å². The maximum Gasteiger partial charge on any atom is 0.279 e. The van der Waals surface area contributed by atoms with Gasteiger partial charge in [-0.1, -0.05) is 0 Å². The number of H-pyrrole nitrogens is 1. The van der Waals surface area contributed by atoms with Crippen LogP contribution in [0.25, 0.3) is 0 Å². The van der Waals surface area contributed by atoms with E-state index in [1.807, 2.05) is 0 Å². The third kappa shape index (κ3) is 6.40. The Morgan fingerprint density at radius 2 is 2.03 bits per heavy atom. The van der Waals surface area contributed by atoms with E-state index in [4.69, 9.17) is 9.47 Å². The van der Waals surface area contributed by atoms with Gasteiger partial charge in [-0.05, 0) is 37.5 Å². The highest BCUT2D eigenvalue weighted by molar-refractivity contribution is 5.97. The van der Waals surface area contributed by atoms with E-state index in [1.165, 1.54) is 7.11 Å². The molecule has 2 aromatic rings. The number of carbonyl (C=O) groups excluding carboxylic acids is 3. The topological polar surface area (TPSA) is 134 Å². The van der Waals surface area contributed by atoms with Crippen LogP contribution in [-0.4, -0.2) is 60.8 Å². The highest BCUT2D eigenvalue weighted by atomic mass is 19.3. The van der Waals surface area contributed by atoms with Crippen molar-refractivity contribution in [2.45, 2.75) is 31.7 Å². The molecule has 0 radical (unpaired) electrons. The summed E-state index contributed by atoms with van der Waals surface area (Å²) in [7, 11) is 1.50. The molecule has 3 amide bonds. The molecule has 33 heavy (non-hydrogen) atoms. The summed E-state index contributed by atoms with van der Waals surface area (Å²) >= 11 is 0. The summed E-state index contributed by atoms with van der Waals surface area (Å²) < 4.78 is 36.3. The van der Waals surface area contributed by atoms with Crippen LogP contribution in [0.15, 0.2) is 24.3 Å². The van der Waals surface area contributed by atoms with Crippen LogP contribution in [0, 0.1) is 0 Å². The minimum atomic E-state index is -2.79. The fraction of sp³-hybridized carbons (Fsp3) is 0.429. The second kappa shape index (κ2) is 11.2. The first-order chi connectivity index (χ1) is 15.9. The van der Waals surface area contributed by atoms with Gasteiger partial charge in [0.15, 0.2) is 0 Å². The van der Waals surface area contributed by atoms with Crippen LogP contribution in [0.1, 0.15) is 52.2 Å². The summed E-state index contributed by atoms with van der Waals surface area (Å²) in [6.07, 6.45) is -1.44. The third-order valence-corrected chi connectivity index (χ3v) is 4.98. The number of nitrogens with one attached hydrogen (secondary N) is 4. The molecule has 0 unspecified atom stereocenters. The van der Waals surface area contributed by atoms with E-state index >= 15 is 0 Å². The zero-order valence-corrected chi connectivity index (χ0v) is 18.0. The molecule has 2 heterocycles. The number of hydrogen-bond acceptors (Lipinski definition) is 6. The van der Waals surface area contributed by atoms with Crippen molar-refractivity contribution in [3.05, 3.63) is 41.2 Å². The van der Waals surface area contributed by atoms with E-state index in [1.54, 1.807) is 18.2 Å². The molecule has 0 aliphatic carbocycles. The van der Waals surface area contributed by atoms with Crippen molar-refractivity contribution < 1.29 is 32.6 Å². The average Bonchev–Trinajstić information content (AvgIpc) is 3.31. The third-order valence-electron chi connectivity index (χ3n) is 4.98. The number of halogens is 2. The van der Waals surface area contributed by atoms with E-state index in [9.17, 15) is 23.2 Å². The molecule has 4 N–H and O–H groups in total. The zero-order valence-electron chi connectivity index (χ0n) is 18.0. The van der Waals surface area contributed by atoms with Gasteiger partial charge in [-0.25, -0.2) is 8.78 Å². The SMILES string of the molecule is COc1ccc2c(c1)OCCNC(=O)[C@@H](NC(=O)c1cc(C(F)F)[nH]n1)CCCCNC2=O. The number of rotatable bonds is 4. The summed E-state index contributed by atoms with van der Waals surface area (Å²) in [5.74, 6) is -0.653. The van der Waals surface area contributed by atoms with Crippen molar-refractivity contribution in [1.29, 1.82) is 0 Å². The summed E-state index contributed by atoms with van der Waals surface area (Å²) in [4.78, 5) is 37.6. The van der Waals surface area contributed by atoms with E-state index < -0.39 is 30.0 Å². The van der Waals surface area contributed by atoms with Crippen LogP contribution in [0.2, 0.25) is 0 Å². The van der Waals surface area contributed by atoms with E-state index in [-0.39, 0.29) is 31.2 Å². The average molecular weight is 465 g/mol. The van der Waals surface area contributed by atoms with E-state index in [0.29, 0.717) is 36.4 Å². The Bertz CT molecular complexity index is 997. The number of hydrogen-bond donors (Lipinski definition) is 4. The van der Waals surface area contributed by atoms with E-state index in [2.05, 4.69) is 26.1 Å². The van der Waals surface area contributed by atoms with Gasteiger partial charge in [-0.3, -0.25) is 19.5 Å². The van der Waals surface area contributed by atoms with Gasteiger partial charge < -0.3 is 25.4 Å². The number of nitrogens with zero attached hydrogens (tertiary/aromatic N) is 1. The van der Waals surface area contributed by atoms with Crippen LogP contribution < -0.4 is 25.4 Å². The van der Waals surface area contributed by atoms with Crippen molar-refractivity contribution in [2.24, 2.45) is 0 Å². The molecule has 0 bridgehead atoms. The number of carbonyl (C=O) groups is 3. The second-order valence-electron chi connectivity index (χ2n) is 7.29. The summed E-state index contributed by atoms with van der Waals surface area (Å²) in [5.41, 5.74) is -0.370. The van der Waals surface area contributed by atoms with Crippen molar-refractivity contribution >= 4 is 17.7 Å². The highest BCUT2D eigenvalue weighted by Gasteiger charge is 2.24. The second-order valence-corrected chi connectivity index (χ2v) is 7.29. The zero-order chi connectivity index (χ0) is 23.8. The number of benzene rings is 1. The Hall–Kier alpha value is -3.70. The Morgan fingerprint density at radius 3 is 2.76 bits per heavy atom. The molecule has 10 nitrogen and oxygen atoms in total. The number of amides is 3. The van der Waals surface area contributed by atoms with Gasteiger partial charge in [0.1, 0.15) is 35.5 Å². The number of aromatic nitrogens is 2. The molecule has 0 fully saturated rings.